The second kappa shape index (κ2) is 10.5. The Morgan fingerprint density at radius 3 is 2.65 bits per heavy atom. The summed E-state index contributed by atoms with van der Waals surface area (Å²) >= 11 is 0. The molecule has 0 amide bonds. The molecule has 2 N–H and O–H groups in total. The van der Waals surface area contributed by atoms with Gasteiger partial charge in [-0.2, -0.15) is 0 Å². The fraction of sp³-hybridized carbons (Fsp3) is 0.269. The molecule has 0 bridgehead atoms. The molecule has 31 heavy (non-hydrogen) atoms. The molecule has 0 saturated carbocycles. The van der Waals surface area contributed by atoms with Crippen LogP contribution in [0.3, 0.4) is 0 Å². The third kappa shape index (κ3) is 5.79. The first kappa shape index (κ1) is 20.8. The van der Waals surface area contributed by atoms with E-state index in [0.717, 1.165) is 66.6 Å². The van der Waals surface area contributed by atoms with E-state index in [1.807, 2.05) is 61.7 Å². The van der Waals surface area contributed by atoms with Crippen molar-refractivity contribution in [2.75, 3.05) is 13.2 Å². The molecule has 0 saturated heterocycles. The number of aromatic nitrogens is 2. The van der Waals surface area contributed by atoms with Crippen molar-refractivity contribution in [2.45, 2.75) is 32.6 Å². The lowest BCUT2D eigenvalue weighted by atomic mass is 10.1. The molecule has 3 heterocycles. The van der Waals surface area contributed by atoms with Crippen LogP contribution in [0.4, 0.5) is 0 Å². The molecule has 0 spiro atoms. The summed E-state index contributed by atoms with van der Waals surface area (Å²) in [5.41, 5.74) is 5.01. The van der Waals surface area contributed by atoms with E-state index in [4.69, 9.17) is 14.5 Å². The number of H-pyrrole nitrogens is 2. The van der Waals surface area contributed by atoms with Crippen LogP contribution in [0.25, 0.3) is 6.08 Å². The molecule has 5 heteroatoms. The number of nitrogens with zero attached hydrogens (tertiary/aromatic N) is 1. The molecule has 1 aliphatic rings. The minimum atomic E-state index is 0.612. The summed E-state index contributed by atoms with van der Waals surface area (Å²) in [6.07, 6.45) is 10.3. The minimum Gasteiger partial charge on any atom is -0.494 e. The molecule has 1 aliphatic heterocycles. The predicted octanol–water partition coefficient (Wildman–Crippen LogP) is 5.90. The normalized spacial score (nSPS) is 14.5. The zero-order valence-electron chi connectivity index (χ0n) is 17.9. The van der Waals surface area contributed by atoms with Crippen LogP contribution in [-0.2, 0) is 11.2 Å². The van der Waals surface area contributed by atoms with Crippen LogP contribution in [0.1, 0.15) is 43.3 Å². The first-order chi connectivity index (χ1) is 15.3. The maximum Gasteiger partial charge on any atom is 0.147 e. The van der Waals surface area contributed by atoms with Gasteiger partial charge in [0, 0.05) is 23.7 Å². The number of para-hydroxylation sites is 1. The largest absolute Gasteiger partial charge is 0.494 e. The summed E-state index contributed by atoms with van der Waals surface area (Å²) < 4.78 is 11.6. The van der Waals surface area contributed by atoms with Gasteiger partial charge in [-0.15, -0.1) is 0 Å². The van der Waals surface area contributed by atoms with Gasteiger partial charge in [0.1, 0.15) is 17.2 Å². The molecule has 0 atom stereocenters. The highest BCUT2D eigenvalue weighted by Crippen LogP contribution is 2.25. The summed E-state index contributed by atoms with van der Waals surface area (Å²) in [4.78, 5) is 11.5. The zero-order chi connectivity index (χ0) is 21.3. The summed E-state index contributed by atoms with van der Waals surface area (Å²) in [7, 11) is 0. The predicted molar refractivity (Wildman–Crippen MR) is 125 cm³/mol. The first-order valence-corrected chi connectivity index (χ1v) is 11.0. The lowest BCUT2D eigenvalue weighted by Crippen LogP contribution is -1.97. The average Bonchev–Trinajstić information content (AvgIpc) is 3.54. The van der Waals surface area contributed by atoms with Crippen LogP contribution in [0.5, 0.6) is 5.75 Å². The van der Waals surface area contributed by atoms with Gasteiger partial charge in [-0.05, 0) is 75.1 Å². The Morgan fingerprint density at radius 2 is 1.84 bits per heavy atom. The molecule has 0 aliphatic carbocycles. The smallest absolute Gasteiger partial charge is 0.147 e. The Hall–Kier alpha value is -3.47. The summed E-state index contributed by atoms with van der Waals surface area (Å²) in [5.74, 6) is 1.75. The van der Waals surface area contributed by atoms with Gasteiger partial charge in [0.25, 0.3) is 0 Å². The van der Waals surface area contributed by atoms with Crippen molar-refractivity contribution in [3.05, 3.63) is 95.4 Å². The molecule has 3 aromatic rings. The minimum absolute atomic E-state index is 0.612. The quantitative estimate of drug-likeness (QED) is 0.383. The maximum atomic E-state index is 5.80. The van der Waals surface area contributed by atoms with Crippen molar-refractivity contribution in [2.24, 2.45) is 4.99 Å². The van der Waals surface area contributed by atoms with Crippen LogP contribution in [-0.4, -0.2) is 28.9 Å². The molecule has 5 nitrogen and oxygen atoms in total. The van der Waals surface area contributed by atoms with Crippen molar-refractivity contribution in [3.63, 3.8) is 0 Å². The molecule has 0 fully saturated rings. The Balaban J connectivity index is 1.28. The van der Waals surface area contributed by atoms with Crippen LogP contribution in [0.15, 0.2) is 83.3 Å². The van der Waals surface area contributed by atoms with Crippen LogP contribution >= 0.6 is 0 Å². The van der Waals surface area contributed by atoms with Crippen molar-refractivity contribution < 1.29 is 9.47 Å². The average molecular weight is 416 g/mol. The Kier molecular flexibility index (Phi) is 7.06. The van der Waals surface area contributed by atoms with Crippen molar-refractivity contribution in [1.29, 1.82) is 0 Å². The number of allylic oxidation sites excluding steroid dienone is 1. The van der Waals surface area contributed by atoms with E-state index < -0.39 is 0 Å². The van der Waals surface area contributed by atoms with Gasteiger partial charge in [0.2, 0.25) is 0 Å². The van der Waals surface area contributed by atoms with E-state index in [1.165, 1.54) is 5.69 Å². The number of benzene rings is 1. The van der Waals surface area contributed by atoms with Gasteiger partial charge in [-0.3, -0.25) is 0 Å². The molecular weight excluding hydrogens is 386 g/mol. The highest BCUT2D eigenvalue weighted by molar-refractivity contribution is 6.11. The Morgan fingerprint density at radius 1 is 0.935 bits per heavy atom. The molecule has 0 unspecified atom stereocenters. The van der Waals surface area contributed by atoms with E-state index in [2.05, 4.69) is 28.2 Å². The van der Waals surface area contributed by atoms with E-state index >= 15 is 0 Å². The van der Waals surface area contributed by atoms with Crippen LogP contribution < -0.4 is 4.74 Å². The lowest BCUT2D eigenvalue weighted by Gasteiger charge is -2.05. The highest BCUT2D eigenvalue weighted by Gasteiger charge is 2.17. The number of aliphatic imine (C=N–C) groups is 1. The number of unbranched alkanes of at least 4 members (excludes halogenated alkanes) is 2. The van der Waals surface area contributed by atoms with Crippen LogP contribution in [0.2, 0.25) is 0 Å². The number of hydrogen-bond acceptors (Lipinski definition) is 3. The Bertz CT molecular complexity index is 1040. The molecule has 0 radical (unpaired) electrons. The second-order valence-electron chi connectivity index (χ2n) is 7.46. The molecule has 1 aromatic carbocycles. The van der Waals surface area contributed by atoms with E-state index in [-0.39, 0.29) is 0 Å². The van der Waals surface area contributed by atoms with E-state index in [9.17, 15) is 0 Å². The number of ether oxygens (including phenoxy) is 2. The van der Waals surface area contributed by atoms with Crippen molar-refractivity contribution >= 4 is 11.8 Å². The van der Waals surface area contributed by atoms with Gasteiger partial charge < -0.3 is 19.4 Å². The fourth-order valence-electron chi connectivity index (χ4n) is 3.55. The summed E-state index contributed by atoms with van der Waals surface area (Å²) in [6, 6.07) is 18.2. The summed E-state index contributed by atoms with van der Waals surface area (Å²) in [5, 5.41) is 0. The lowest BCUT2D eigenvalue weighted by molar-refractivity contribution is 0.239. The van der Waals surface area contributed by atoms with Gasteiger partial charge >= 0.3 is 0 Å². The third-order valence-corrected chi connectivity index (χ3v) is 5.10. The summed E-state index contributed by atoms with van der Waals surface area (Å²) in [6.45, 7) is 3.36. The maximum absolute atomic E-state index is 5.80. The van der Waals surface area contributed by atoms with Crippen molar-refractivity contribution in [3.8, 4) is 5.75 Å². The number of aromatic amines is 2. The van der Waals surface area contributed by atoms with E-state index in [0.29, 0.717) is 6.61 Å². The number of nitrogens with one attached hydrogen (secondary N) is 2. The zero-order valence-corrected chi connectivity index (χ0v) is 17.9. The van der Waals surface area contributed by atoms with Gasteiger partial charge in [0.05, 0.1) is 24.6 Å². The number of aryl methyl sites for hydroxylation is 1. The van der Waals surface area contributed by atoms with Gasteiger partial charge in [0.15, 0.2) is 0 Å². The number of rotatable bonds is 11. The third-order valence-electron chi connectivity index (χ3n) is 5.10. The molecule has 2 aromatic heterocycles. The second-order valence-corrected chi connectivity index (χ2v) is 7.46. The highest BCUT2D eigenvalue weighted by atomic mass is 16.5. The van der Waals surface area contributed by atoms with Crippen molar-refractivity contribution in [1.82, 2.24) is 9.97 Å². The Labute approximate surface area is 183 Å². The topological polar surface area (TPSA) is 62.4 Å². The van der Waals surface area contributed by atoms with Crippen LogP contribution in [0, 0.1) is 0 Å². The SMILES string of the molecule is CCOC1=CC(c2ccc[nH]2)=N/C1=C\c1ccc(CCCCCOc2ccccc2)[nH]1. The monoisotopic (exact) mass is 415 g/mol. The fourth-order valence-corrected chi connectivity index (χ4v) is 3.55. The molecule has 4 rings (SSSR count). The molecular formula is C26H29N3O2. The van der Waals surface area contributed by atoms with E-state index in [1.54, 1.807) is 0 Å². The van der Waals surface area contributed by atoms with Gasteiger partial charge in [-0.1, -0.05) is 18.2 Å². The first-order valence-electron chi connectivity index (χ1n) is 11.0. The van der Waals surface area contributed by atoms with Gasteiger partial charge in [-0.25, -0.2) is 4.99 Å². The number of hydrogen-bond donors (Lipinski definition) is 2. The molecule has 160 valence electrons. The standard InChI is InChI=1S/C26H29N3O2/c1-2-30-26-19-24(23-13-9-16-27-23)29-25(26)18-21-15-14-20(28-21)10-5-4-8-17-31-22-11-6-3-7-12-22/h3,6-7,9,11-16,18-19,27-28H,2,4-5,8,10,17H2,1H3/b25-18-.